The number of hydrogen-bond acceptors (Lipinski definition) is 3. The zero-order chi connectivity index (χ0) is 17.8. The summed E-state index contributed by atoms with van der Waals surface area (Å²) < 4.78 is 6.12. The van der Waals surface area contributed by atoms with Crippen molar-refractivity contribution in [1.82, 2.24) is 5.32 Å². The fourth-order valence-corrected chi connectivity index (χ4v) is 2.70. The van der Waals surface area contributed by atoms with E-state index in [0.717, 1.165) is 17.3 Å². The lowest BCUT2D eigenvalue weighted by Crippen LogP contribution is -2.25. The largest absolute Gasteiger partial charge is 0.496 e. The minimum atomic E-state index is -0.340. The molecule has 0 spiro atoms. The summed E-state index contributed by atoms with van der Waals surface area (Å²) in [5, 5.41) is 12.1. The van der Waals surface area contributed by atoms with Crippen molar-refractivity contribution in [2.24, 2.45) is 0 Å². The number of hydrogen-bond donors (Lipinski definition) is 1. The quantitative estimate of drug-likeness (QED) is 0.351. The van der Waals surface area contributed by atoms with Gasteiger partial charge < -0.3 is 10.1 Å². The highest BCUT2D eigenvalue weighted by molar-refractivity contribution is 9.10. The molecule has 1 rings (SSSR count). The fraction of sp³-hybridized carbons (Fsp3) is 0.474. The van der Waals surface area contributed by atoms with E-state index in [1.807, 2.05) is 18.2 Å². The van der Waals surface area contributed by atoms with Gasteiger partial charge in [0.15, 0.2) is 0 Å². The third-order valence-corrected chi connectivity index (χ3v) is 4.17. The van der Waals surface area contributed by atoms with Crippen molar-refractivity contribution in [3.8, 4) is 11.8 Å². The zero-order valence-electron chi connectivity index (χ0n) is 14.4. The number of nitrogens with zero attached hydrogens (tertiary/aromatic N) is 1. The molecule has 24 heavy (non-hydrogen) atoms. The first-order valence-corrected chi connectivity index (χ1v) is 9.15. The molecular formula is C19H25BrN2O2. The third-order valence-electron chi connectivity index (χ3n) is 3.67. The van der Waals surface area contributed by atoms with Gasteiger partial charge in [-0.2, -0.15) is 5.26 Å². The molecule has 0 aliphatic carbocycles. The van der Waals surface area contributed by atoms with Crippen LogP contribution in [0.2, 0.25) is 0 Å². The molecule has 0 bridgehead atoms. The Balaban J connectivity index is 2.58. The summed E-state index contributed by atoms with van der Waals surface area (Å²) in [5.41, 5.74) is 0.774. The molecule has 0 saturated heterocycles. The number of carbonyl (C=O) groups is 1. The summed E-state index contributed by atoms with van der Waals surface area (Å²) in [6.07, 6.45) is 8.53. The molecule has 0 aliphatic heterocycles. The van der Waals surface area contributed by atoms with E-state index < -0.39 is 0 Å². The first kappa shape index (κ1) is 20.2. The Bertz CT molecular complexity index is 606. The van der Waals surface area contributed by atoms with Crippen LogP contribution in [-0.4, -0.2) is 19.6 Å². The topological polar surface area (TPSA) is 62.1 Å². The van der Waals surface area contributed by atoms with Crippen LogP contribution in [-0.2, 0) is 4.79 Å². The smallest absolute Gasteiger partial charge is 0.261 e. The van der Waals surface area contributed by atoms with Crippen LogP contribution in [0.4, 0.5) is 0 Å². The number of ether oxygens (including phenoxy) is 1. The minimum absolute atomic E-state index is 0.0809. The first-order chi connectivity index (χ1) is 11.6. The van der Waals surface area contributed by atoms with Crippen molar-refractivity contribution >= 4 is 27.9 Å². The summed E-state index contributed by atoms with van der Waals surface area (Å²) >= 11 is 3.38. The highest BCUT2D eigenvalue weighted by atomic mass is 79.9. The Morgan fingerprint density at radius 2 is 2.00 bits per heavy atom. The predicted octanol–water partition coefficient (Wildman–Crippen LogP) is 4.84. The van der Waals surface area contributed by atoms with Gasteiger partial charge in [-0.15, -0.1) is 0 Å². The van der Waals surface area contributed by atoms with Crippen LogP contribution in [0, 0.1) is 11.3 Å². The molecular weight excluding hydrogens is 368 g/mol. The molecule has 0 unspecified atom stereocenters. The number of unbranched alkanes of at least 4 members (excludes halogenated alkanes) is 5. The highest BCUT2D eigenvalue weighted by Gasteiger charge is 2.10. The molecule has 0 saturated carbocycles. The van der Waals surface area contributed by atoms with E-state index in [9.17, 15) is 10.1 Å². The van der Waals surface area contributed by atoms with Gasteiger partial charge in [0.2, 0.25) is 0 Å². The number of methoxy groups -OCH3 is 1. The molecule has 1 aromatic carbocycles. The molecule has 0 aliphatic rings. The van der Waals surface area contributed by atoms with Crippen molar-refractivity contribution in [3.63, 3.8) is 0 Å². The molecule has 4 nitrogen and oxygen atoms in total. The molecule has 0 heterocycles. The van der Waals surface area contributed by atoms with E-state index in [1.165, 1.54) is 25.7 Å². The van der Waals surface area contributed by atoms with Gasteiger partial charge in [0.05, 0.1) is 7.11 Å². The van der Waals surface area contributed by atoms with Gasteiger partial charge in [-0.1, -0.05) is 55.0 Å². The maximum absolute atomic E-state index is 12.1. The van der Waals surface area contributed by atoms with Crippen LogP contribution >= 0.6 is 15.9 Å². The van der Waals surface area contributed by atoms with Crippen LogP contribution in [0.3, 0.4) is 0 Å². The van der Waals surface area contributed by atoms with E-state index >= 15 is 0 Å². The number of amides is 1. The van der Waals surface area contributed by atoms with Crippen molar-refractivity contribution in [1.29, 1.82) is 5.26 Å². The van der Waals surface area contributed by atoms with E-state index in [0.29, 0.717) is 17.9 Å². The standard InChI is InChI=1S/C19H25BrN2O2/c1-3-4-5-6-7-8-11-22-19(23)16(14-21)12-15-13-17(20)9-10-18(15)24-2/h9-10,12-13H,3-8,11H2,1-2H3,(H,22,23)/b16-12-. The molecule has 1 N–H and O–H groups in total. The normalized spacial score (nSPS) is 11.0. The van der Waals surface area contributed by atoms with Crippen molar-refractivity contribution in [2.75, 3.05) is 13.7 Å². The number of benzene rings is 1. The highest BCUT2D eigenvalue weighted by Crippen LogP contribution is 2.25. The van der Waals surface area contributed by atoms with Crippen LogP contribution in [0.5, 0.6) is 5.75 Å². The van der Waals surface area contributed by atoms with Gasteiger partial charge in [0.1, 0.15) is 17.4 Å². The summed E-state index contributed by atoms with van der Waals surface area (Å²) in [6.45, 7) is 2.79. The summed E-state index contributed by atoms with van der Waals surface area (Å²) in [4.78, 5) is 12.1. The number of halogens is 1. The van der Waals surface area contributed by atoms with E-state index in [2.05, 4.69) is 28.2 Å². The van der Waals surface area contributed by atoms with Crippen molar-refractivity contribution in [3.05, 3.63) is 33.8 Å². The van der Waals surface area contributed by atoms with Crippen LogP contribution < -0.4 is 10.1 Å². The van der Waals surface area contributed by atoms with Gasteiger partial charge >= 0.3 is 0 Å². The number of nitrogens with one attached hydrogen (secondary N) is 1. The zero-order valence-corrected chi connectivity index (χ0v) is 16.0. The van der Waals surface area contributed by atoms with Crippen LogP contribution in [0.1, 0.15) is 51.0 Å². The molecule has 0 aromatic heterocycles. The Morgan fingerprint density at radius 1 is 1.29 bits per heavy atom. The maximum atomic E-state index is 12.1. The molecule has 130 valence electrons. The predicted molar refractivity (Wildman–Crippen MR) is 101 cm³/mol. The van der Waals surface area contributed by atoms with Crippen LogP contribution in [0.15, 0.2) is 28.2 Å². The Labute approximate surface area is 153 Å². The van der Waals surface area contributed by atoms with E-state index in [-0.39, 0.29) is 11.5 Å². The SMILES string of the molecule is CCCCCCCCNC(=O)/C(C#N)=C\c1cc(Br)ccc1OC. The van der Waals surface area contributed by atoms with E-state index in [1.54, 1.807) is 19.3 Å². The van der Waals surface area contributed by atoms with Crippen LogP contribution in [0.25, 0.3) is 6.08 Å². The number of rotatable bonds is 10. The second-order valence-corrected chi connectivity index (χ2v) is 6.50. The summed E-state index contributed by atoms with van der Waals surface area (Å²) in [6, 6.07) is 7.42. The average molecular weight is 393 g/mol. The van der Waals surface area contributed by atoms with E-state index in [4.69, 9.17) is 4.74 Å². The van der Waals surface area contributed by atoms with Gasteiger partial charge in [-0.05, 0) is 30.7 Å². The summed E-state index contributed by atoms with van der Waals surface area (Å²) in [5.74, 6) is 0.280. The number of carbonyl (C=O) groups excluding carboxylic acids is 1. The number of nitriles is 1. The Morgan fingerprint density at radius 3 is 2.67 bits per heavy atom. The molecule has 1 aromatic rings. The van der Waals surface area contributed by atoms with Gasteiger partial charge in [0.25, 0.3) is 5.91 Å². The van der Waals surface area contributed by atoms with Gasteiger partial charge in [-0.3, -0.25) is 4.79 Å². The Hall–Kier alpha value is -1.80. The molecule has 1 amide bonds. The van der Waals surface area contributed by atoms with Gasteiger partial charge in [-0.25, -0.2) is 0 Å². The summed E-state index contributed by atoms with van der Waals surface area (Å²) in [7, 11) is 1.56. The third kappa shape index (κ3) is 7.18. The average Bonchev–Trinajstić information content (AvgIpc) is 2.58. The molecule has 0 atom stereocenters. The minimum Gasteiger partial charge on any atom is -0.496 e. The van der Waals surface area contributed by atoms with Crippen molar-refractivity contribution in [2.45, 2.75) is 45.4 Å². The lowest BCUT2D eigenvalue weighted by Gasteiger charge is -2.07. The second kappa shape index (κ2) is 11.7. The lowest BCUT2D eigenvalue weighted by molar-refractivity contribution is -0.117. The second-order valence-electron chi connectivity index (χ2n) is 5.58. The molecule has 0 fully saturated rings. The van der Waals surface area contributed by atoms with Gasteiger partial charge in [0, 0.05) is 16.6 Å². The maximum Gasteiger partial charge on any atom is 0.261 e. The fourth-order valence-electron chi connectivity index (χ4n) is 2.32. The lowest BCUT2D eigenvalue weighted by atomic mass is 10.1. The first-order valence-electron chi connectivity index (χ1n) is 8.36. The van der Waals surface area contributed by atoms with Crippen molar-refractivity contribution < 1.29 is 9.53 Å². The Kier molecular flexibility index (Phi) is 9.86. The monoisotopic (exact) mass is 392 g/mol. The molecule has 5 heteroatoms. The molecule has 0 radical (unpaired) electrons.